The van der Waals surface area contributed by atoms with Gasteiger partial charge in [0.2, 0.25) is 5.78 Å². The third-order valence-corrected chi connectivity index (χ3v) is 3.95. The van der Waals surface area contributed by atoms with Crippen LogP contribution in [0.25, 0.3) is 0 Å². The number of hydrogen-bond acceptors (Lipinski definition) is 3. The van der Waals surface area contributed by atoms with E-state index in [-0.39, 0.29) is 5.78 Å². The monoisotopic (exact) mass is 250 g/mol. The predicted molar refractivity (Wildman–Crippen MR) is 69.7 cm³/mol. The quantitative estimate of drug-likeness (QED) is 0.609. The zero-order chi connectivity index (χ0) is 13.0. The molecule has 0 N–H and O–H groups in total. The summed E-state index contributed by atoms with van der Waals surface area (Å²) in [6.07, 6.45) is 9.70. The Kier molecular flexibility index (Phi) is 4.17. The lowest BCUT2D eigenvalue weighted by molar-refractivity contribution is -0.00729. The van der Waals surface area contributed by atoms with Crippen molar-refractivity contribution < 1.29 is 9.53 Å². The third kappa shape index (κ3) is 2.48. The third-order valence-electron chi connectivity index (χ3n) is 3.95. The lowest BCUT2D eigenvalue weighted by Crippen LogP contribution is -2.40. The molecule has 0 aromatic carbocycles. The first kappa shape index (κ1) is 13.3. The molecule has 1 saturated carbocycles. The van der Waals surface area contributed by atoms with Gasteiger partial charge in [0, 0.05) is 19.9 Å². The summed E-state index contributed by atoms with van der Waals surface area (Å²) in [7, 11) is 1.65. The summed E-state index contributed by atoms with van der Waals surface area (Å²) >= 11 is 0. The summed E-state index contributed by atoms with van der Waals surface area (Å²) in [5, 5.41) is 0. The zero-order valence-electron chi connectivity index (χ0n) is 11.3. The fraction of sp³-hybridized carbons (Fsp3) is 0.714. The normalized spacial score (nSPS) is 19.4. The molecule has 0 amide bonds. The molecule has 1 heterocycles. The minimum atomic E-state index is -0.635. The summed E-state index contributed by atoms with van der Waals surface area (Å²) in [6, 6.07) is 0. The fourth-order valence-corrected chi connectivity index (χ4v) is 2.71. The predicted octanol–water partition coefficient (Wildman–Crippen LogP) is 2.83. The molecule has 1 aliphatic rings. The van der Waals surface area contributed by atoms with E-state index in [4.69, 9.17) is 4.74 Å². The first-order chi connectivity index (χ1) is 8.72. The number of methoxy groups -OCH3 is 1. The number of carbonyl (C=O) groups excluding carboxylic acids is 1. The van der Waals surface area contributed by atoms with Crippen molar-refractivity contribution in [3.63, 3.8) is 0 Å². The van der Waals surface area contributed by atoms with Crippen LogP contribution in [0.3, 0.4) is 0 Å². The molecule has 1 aromatic rings. The highest BCUT2D eigenvalue weighted by Gasteiger charge is 2.40. The Morgan fingerprint density at radius 1 is 1.39 bits per heavy atom. The van der Waals surface area contributed by atoms with Crippen LogP contribution >= 0.6 is 0 Å². The Balaban J connectivity index is 2.22. The average Bonchev–Trinajstić information content (AvgIpc) is 2.75. The molecule has 0 saturated heterocycles. The van der Waals surface area contributed by atoms with Crippen LogP contribution in [0.2, 0.25) is 0 Å². The maximum atomic E-state index is 12.6. The minimum absolute atomic E-state index is 0.0547. The second-order valence-corrected chi connectivity index (χ2v) is 5.03. The molecule has 0 bridgehead atoms. The molecule has 4 heteroatoms. The van der Waals surface area contributed by atoms with Gasteiger partial charge in [-0.1, -0.05) is 25.7 Å². The number of ether oxygens (including phenoxy) is 1. The Hall–Kier alpha value is -1.16. The largest absolute Gasteiger partial charge is 0.370 e. The van der Waals surface area contributed by atoms with Crippen molar-refractivity contribution in [2.45, 2.75) is 57.6 Å². The summed E-state index contributed by atoms with van der Waals surface area (Å²) in [4.78, 5) is 16.9. The van der Waals surface area contributed by atoms with Crippen LogP contribution in [0.15, 0.2) is 12.5 Å². The number of rotatable bonds is 4. The van der Waals surface area contributed by atoms with Crippen molar-refractivity contribution in [1.29, 1.82) is 0 Å². The summed E-state index contributed by atoms with van der Waals surface area (Å²) in [5.74, 6) is 0.0547. The Morgan fingerprint density at radius 2 is 2.06 bits per heavy atom. The van der Waals surface area contributed by atoms with Gasteiger partial charge < -0.3 is 9.30 Å². The topological polar surface area (TPSA) is 44.1 Å². The van der Waals surface area contributed by atoms with E-state index in [1.165, 1.54) is 12.8 Å². The van der Waals surface area contributed by atoms with Gasteiger partial charge in [-0.2, -0.15) is 0 Å². The van der Waals surface area contributed by atoms with Gasteiger partial charge in [-0.05, 0) is 19.8 Å². The summed E-state index contributed by atoms with van der Waals surface area (Å²) in [6.45, 7) is 2.87. The number of carbonyl (C=O) groups is 1. The molecule has 0 aliphatic heterocycles. The molecule has 1 aromatic heterocycles. The first-order valence-corrected chi connectivity index (χ1v) is 6.83. The highest BCUT2D eigenvalue weighted by Crippen LogP contribution is 2.32. The van der Waals surface area contributed by atoms with Crippen LogP contribution in [0, 0.1) is 0 Å². The van der Waals surface area contributed by atoms with Gasteiger partial charge in [-0.25, -0.2) is 4.98 Å². The van der Waals surface area contributed by atoms with Gasteiger partial charge in [0.15, 0.2) is 0 Å². The van der Waals surface area contributed by atoms with Crippen LogP contribution in [0.5, 0.6) is 0 Å². The van der Waals surface area contributed by atoms with Gasteiger partial charge in [-0.3, -0.25) is 4.79 Å². The van der Waals surface area contributed by atoms with Gasteiger partial charge in [0.1, 0.15) is 11.3 Å². The molecule has 0 spiro atoms. The molecule has 100 valence electrons. The smallest absolute Gasteiger partial charge is 0.214 e. The van der Waals surface area contributed by atoms with E-state index in [0.29, 0.717) is 5.69 Å². The van der Waals surface area contributed by atoms with Crippen molar-refractivity contribution in [2.75, 3.05) is 7.11 Å². The number of aromatic nitrogens is 2. The van der Waals surface area contributed by atoms with Crippen molar-refractivity contribution in [2.24, 2.45) is 0 Å². The fourth-order valence-electron chi connectivity index (χ4n) is 2.71. The lowest BCUT2D eigenvalue weighted by Gasteiger charge is -2.28. The molecule has 0 unspecified atom stereocenters. The number of imidazole rings is 1. The molecular weight excluding hydrogens is 228 g/mol. The van der Waals surface area contributed by atoms with E-state index in [9.17, 15) is 4.79 Å². The molecule has 0 radical (unpaired) electrons. The van der Waals surface area contributed by atoms with Gasteiger partial charge in [0.25, 0.3) is 0 Å². The SMILES string of the molecule is CCn1cnc(C(=O)C2(OC)CCCCCC2)c1. The van der Waals surface area contributed by atoms with E-state index >= 15 is 0 Å². The second kappa shape index (κ2) is 5.65. The standard InChI is InChI=1S/C14H22N2O2/c1-3-16-10-12(15-11-16)13(17)14(18-2)8-6-4-5-7-9-14/h10-11H,3-9H2,1-2H3. The van der Waals surface area contributed by atoms with Crippen LogP contribution < -0.4 is 0 Å². The van der Waals surface area contributed by atoms with Crippen LogP contribution in [0.4, 0.5) is 0 Å². The molecule has 1 fully saturated rings. The molecule has 18 heavy (non-hydrogen) atoms. The van der Waals surface area contributed by atoms with E-state index in [2.05, 4.69) is 4.98 Å². The average molecular weight is 250 g/mol. The van der Waals surface area contributed by atoms with Gasteiger partial charge >= 0.3 is 0 Å². The second-order valence-electron chi connectivity index (χ2n) is 5.03. The maximum absolute atomic E-state index is 12.6. The maximum Gasteiger partial charge on any atom is 0.214 e. The summed E-state index contributed by atoms with van der Waals surface area (Å²) in [5.41, 5.74) is -0.0933. The molecule has 4 nitrogen and oxygen atoms in total. The summed E-state index contributed by atoms with van der Waals surface area (Å²) < 4.78 is 7.54. The number of ketones is 1. The minimum Gasteiger partial charge on any atom is -0.370 e. The van der Waals surface area contributed by atoms with Gasteiger partial charge in [0.05, 0.1) is 6.33 Å². The van der Waals surface area contributed by atoms with E-state index in [1.54, 1.807) is 13.4 Å². The lowest BCUT2D eigenvalue weighted by atomic mass is 9.88. The molecule has 2 rings (SSSR count). The number of Topliss-reactive ketones (excluding diaryl/α,β-unsaturated/α-hetero) is 1. The van der Waals surface area contributed by atoms with Crippen molar-refractivity contribution in [3.8, 4) is 0 Å². The van der Waals surface area contributed by atoms with Crippen molar-refractivity contribution in [1.82, 2.24) is 9.55 Å². The number of hydrogen-bond donors (Lipinski definition) is 0. The highest BCUT2D eigenvalue weighted by molar-refractivity contribution is 6.00. The molecular formula is C14H22N2O2. The van der Waals surface area contributed by atoms with Crippen molar-refractivity contribution in [3.05, 3.63) is 18.2 Å². The van der Waals surface area contributed by atoms with E-state index in [1.807, 2.05) is 17.7 Å². The molecule has 0 atom stereocenters. The van der Waals surface area contributed by atoms with Crippen LogP contribution in [0.1, 0.15) is 55.9 Å². The van der Waals surface area contributed by atoms with Crippen LogP contribution in [-0.4, -0.2) is 28.0 Å². The van der Waals surface area contributed by atoms with Crippen molar-refractivity contribution >= 4 is 5.78 Å². The molecule has 1 aliphatic carbocycles. The first-order valence-electron chi connectivity index (χ1n) is 6.83. The Labute approximate surface area is 108 Å². The highest BCUT2D eigenvalue weighted by atomic mass is 16.5. The number of aryl methyl sites for hydroxylation is 1. The van der Waals surface area contributed by atoms with E-state index in [0.717, 1.165) is 32.2 Å². The van der Waals surface area contributed by atoms with Gasteiger partial charge in [-0.15, -0.1) is 0 Å². The number of nitrogens with zero attached hydrogens (tertiary/aromatic N) is 2. The Morgan fingerprint density at radius 3 is 2.56 bits per heavy atom. The van der Waals surface area contributed by atoms with E-state index < -0.39 is 5.60 Å². The Bertz CT molecular complexity index is 404. The zero-order valence-corrected chi connectivity index (χ0v) is 11.3. The van der Waals surface area contributed by atoms with Crippen LogP contribution in [-0.2, 0) is 11.3 Å².